The van der Waals surface area contributed by atoms with Crippen molar-refractivity contribution in [3.05, 3.63) is 53.6 Å². The zero-order valence-corrected chi connectivity index (χ0v) is 16.7. The van der Waals surface area contributed by atoms with Crippen molar-refractivity contribution in [1.29, 1.82) is 0 Å². The average molecular weight is 413 g/mol. The molecule has 150 valence electrons. The molecule has 1 aliphatic carbocycles. The third-order valence-corrected chi connectivity index (χ3v) is 5.52. The zero-order valence-electron chi connectivity index (χ0n) is 16.0. The number of hydrogen-bond donors (Lipinski definition) is 2. The zero-order chi connectivity index (χ0) is 20.6. The van der Waals surface area contributed by atoms with Gasteiger partial charge in [-0.2, -0.15) is 0 Å². The molecular formula is C20H21ClN6O2. The van der Waals surface area contributed by atoms with Gasteiger partial charge in [0.25, 0.3) is 5.91 Å². The maximum absolute atomic E-state index is 12.2. The van der Waals surface area contributed by atoms with E-state index >= 15 is 0 Å². The van der Waals surface area contributed by atoms with Gasteiger partial charge in [0.1, 0.15) is 17.2 Å². The van der Waals surface area contributed by atoms with Crippen molar-refractivity contribution < 1.29 is 9.59 Å². The van der Waals surface area contributed by atoms with Crippen molar-refractivity contribution in [2.75, 3.05) is 20.1 Å². The molecule has 0 bridgehead atoms. The van der Waals surface area contributed by atoms with E-state index in [4.69, 9.17) is 11.6 Å². The van der Waals surface area contributed by atoms with Crippen LogP contribution in [-0.2, 0) is 4.79 Å². The summed E-state index contributed by atoms with van der Waals surface area (Å²) in [6.45, 7) is 4.81. The Hall–Kier alpha value is -2.84. The molecule has 1 saturated heterocycles. The molecule has 2 N–H and O–H groups in total. The number of carbonyl (C=O) groups excluding carboxylic acids is 2. The van der Waals surface area contributed by atoms with Gasteiger partial charge < -0.3 is 15.5 Å². The lowest BCUT2D eigenvalue weighted by atomic mass is 10.00. The van der Waals surface area contributed by atoms with Gasteiger partial charge in [-0.25, -0.2) is 15.0 Å². The number of carbonyl (C=O) groups is 2. The molecular weight excluding hydrogens is 392 g/mol. The van der Waals surface area contributed by atoms with Gasteiger partial charge >= 0.3 is 0 Å². The second-order valence-electron chi connectivity index (χ2n) is 7.38. The summed E-state index contributed by atoms with van der Waals surface area (Å²) < 4.78 is 0. The predicted molar refractivity (Wildman–Crippen MR) is 108 cm³/mol. The van der Waals surface area contributed by atoms with Crippen LogP contribution in [0.5, 0.6) is 0 Å². The molecule has 2 aromatic rings. The lowest BCUT2D eigenvalue weighted by Crippen LogP contribution is -2.55. The summed E-state index contributed by atoms with van der Waals surface area (Å²) in [5.41, 5.74) is 2.15. The monoisotopic (exact) mass is 412 g/mol. The van der Waals surface area contributed by atoms with Crippen molar-refractivity contribution in [2.24, 2.45) is 0 Å². The predicted octanol–water partition coefficient (Wildman–Crippen LogP) is 1.74. The van der Waals surface area contributed by atoms with E-state index in [1.54, 1.807) is 19.2 Å². The second-order valence-corrected chi connectivity index (χ2v) is 7.76. The lowest BCUT2D eigenvalue weighted by Gasteiger charge is -2.39. The van der Waals surface area contributed by atoms with E-state index < -0.39 is 0 Å². The smallest absolute Gasteiger partial charge is 0.269 e. The first-order valence-electron chi connectivity index (χ1n) is 9.34. The SMILES string of the molecule is C=CC(=O)N1CC(c2cc(Cl)nc(-c3cc(C(=O)NC)ncn3)c2)NC2(CC2)C1. The highest BCUT2D eigenvalue weighted by Crippen LogP contribution is 2.42. The number of aromatic nitrogens is 3. The number of rotatable bonds is 4. The third kappa shape index (κ3) is 3.99. The van der Waals surface area contributed by atoms with Gasteiger partial charge in [-0.3, -0.25) is 9.59 Å². The summed E-state index contributed by atoms with van der Waals surface area (Å²) >= 11 is 6.30. The summed E-state index contributed by atoms with van der Waals surface area (Å²) in [5.74, 6) is -0.381. The third-order valence-electron chi connectivity index (χ3n) is 5.32. The number of amides is 2. The van der Waals surface area contributed by atoms with Crippen LogP contribution in [0, 0.1) is 0 Å². The first-order valence-corrected chi connectivity index (χ1v) is 9.72. The first kappa shape index (κ1) is 19.5. The highest BCUT2D eigenvalue weighted by Gasteiger charge is 2.49. The summed E-state index contributed by atoms with van der Waals surface area (Å²) in [6.07, 6.45) is 4.73. The van der Waals surface area contributed by atoms with Crippen LogP contribution in [0.25, 0.3) is 11.4 Å². The Morgan fingerprint density at radius 2 is 2.10 bits per heavy atom. The summed E-state index contributed by atoms with van der Waals surface area (Å²) in [5, 5.41) is 6.52. The van der Waals surface area contributed by atoms with Gasteiger partial charge in [-0.1, -0.05) is 18.2 Å². The van der Waals surface area contributed by atoms with Gasteiger partial charge in [-0.05, 0) is 42.7 Å². The van der Waals surface area contributed by atoms with Gasteiger partial charge in [0.15, 0.2) is 0 Å². The average Bonchev–Trinajstić information content (AvgIpc) is 3.49. The van der Waals surface area contributed by atoms with Crippen LogP contribution in [0.4, 0.5) is 0 Å². The van der Waals surface area contributed by atoms with Crippen LogP contribution >= 0.6 is 11.6 Å². The van der Waals surface area contributed by atoms with Gasteiger partial charge in [-0.15, -0.1) is 0 Å². The summed E-state index contributed by atoms with van der Waals surface area (Å²) in [4.78, 5) is 38.5. The fraction of sp³-hybridized carbons (Fsp3) is 0.350. The van der Waals surface area contributed by atoms with E-state index in [1.807, 2.05) is 11.0 Å². The van der Waals surface area contributed by atoms with Crippen LogP contribution in [0.1, 0.15) is 34.9 Å². The van der Waals surface area contributed by atoms with Crippen LogP contribution in [0.15, 0.2) is 37.2 Å². The van der Waals surface area contributed by atoms with Crippen molar-refractivity contribution in [3.63, 3.8) is 0 Å². The van der Waals surface area contributed by atoms with E-state index in [9.17, 15) is 9.59 Å². The number of piperazine rings is 1. The Balaban J connectivity index is 1.67. The normalized spacial score (nSPS) is 19.7. The number of hydrogen-bond acceptors (Lipinski definition) is 6. The maximum atomic E-state index is 12.2. The van der Waals surface area contributed by atoms with Crippen LogP contribution < -0.4 is 10.6 Å². The summed E-state index contributed by atoms with van der Waals surface area (Å²) in [6, 6.07) is 5.17. The molecule has 1 atom stereocenters. The van der Waals surface area contributed by atoms with Crippen molar-refractivity contribution >= 4 is 23.4 Å². The number of nitrogens with one attached hydrogen (secondary N) is 2. The molecule has 2 aliphatic rings. The minimum Gasteiger partial charge on any atom is -0.354 e. The number of nitrogens with zero attached hydrogens (tertiary/aromatic N) is 4. The lowest BCUT2D eigenvalue weighted by molar-refractivity contribution is -0.128. The number of pyridine rings is 1. The molecule has 8 nitrogen and oxygen atoms in total. The second kappa shape index (κ2) is 7.53. The van der Waals surface area contributed by atoms with Gasteiger partial charge in [0.05, 0.1) is 17.4 Å². The minimum absolute atomic E-state index is 0.0429. The van der Waals surface area contributed by atoms with Crippen LogP contribution in [0.2, 0.25) is 5.15 Å². The first-order chi connectivity index (χ1) is 13.9. The van der Waals surface area contributed by atoms with Crippen molar-refractivity contribution in [1.82, 2.24) is 30.5 Å². The molecule has 2 fully saturated rings. The quantitative estimate of drug-likeness (QED) is 0.586. The summed E-state index contributed by atoms with van der Waals surface area (Å²) in [7, 11) is 1.54. The number of halogens is 1. The molecule has 0 aromatic carbocycles. The minimum atomic E-state index is -0.306. The molecule has 2 aromatic heterocycles. The molecule has 4 rings (SSSR count). The van der Waals surface area contributed by atoms with Gasteiger partial charge in [0, 0.05) is 25.7 Å². The van der Waals surface area contributed by atoms with Crippen molar-refractivity contribution in [3.8, 4) is 11.4 Å². The highest BCUT2D eigenvalue weighted by molar-refractivity contribution is 6.29. The van der Waals surface area contributed by atoms with E-state index in [0.717, 1.165) is 18.4 Å². The highest BCUT2D eigenvalue weighted by atomic mass is 35.5. The standard InChI is InChI=1S/C20H21ClN6O2/c1-3-18(28)27-9-16(26-20(10-27)4-5-20)12-6-14(25-17(21)7-12)13-8-15(19(29)22-2)24-11-23-13/h3,6-8,11,16,26H,1,4-5,9-10H2,2H3,(H,22,29). The molecule has 0 radical (unpaired) electrons. The van der Waals surface area contributed by atoms with E-state index in [-0.39, 0.29) is 29.1 Å². The topological polar surface area (TPSA) is 100 Å². The molecule has 3 heterocycles. The molecule has 1 spiro atoms. The van der Waals surface area contributed by atoms with E-state index in [0.29, 0.717) is 29.6 Å². The maximum Gasteiger partial charge on any atom is 0.269 e. The van der Waals surface area contributed by atoms with Crippen LogP contribution in [-0.4, -0.2) is 57.3 Å². The fourth-order valence-corrected chi connectivity index (χ4v) is 3.87. The fourth-order valence-electron chi connectivity index (χ4n) is 3.65. The Morgan fingerprint density at radius 1 is 1.31 bits per heavy atom. The molecule has 9 heteroatoms. The van der Waals surface area contributed by atoms with Crippen LogP contribution in [0.3, 0.4) is 0 Å². The van der Waals surface area contributed by atoms with E-state index in [2.05, 4.69) is 32.2 Å². The Kier molecular flexibility index (Phi) is 5.06. The Bertz CT molecular complexity index is 991. The molecule has 29 heavy (non-hydrogen) atoms. The molecule has 1 aliphatic heterocycles. The Labute approximate surface area is 173 Å². The molecule has 2 amide bonds. The largest absolute Gasteiger partial charge is 0.354 e. The van der Waals surface area contributed by atoms with Gasteiger partial charge in [0.2, 0.25) is 5.91 Å². The van der Waals surface area contributed by atoms with E-state index in [1.165, 1.54) is 12.4 Å². The molecule has 1 saturated carbocycles. The molecule has 1 unspecified atom stereocenters. The Morgan fingerprint density at radius 3 is 2.79 bits per heavy atom. The van der Waals surface area contributed by atoms with Crippen molar-refractivity contribution in [2.45, 2.75) is 24.4 Å².